The van der Waals surface area contributed by atoms with Gasteiger partial charge in [-0.3, -0.25) is 9.69 Å². The third-order valence-corrected chi connectivity index (χ3v) is 11.7. The molecule has 37 heavy (non-hydrogen) atoms. The molecule has 9 heteroatoms. The van der Waals surface area contributed by atoms with Crippen LogP contribution < -0.4 is 4.74 Å². The highest BCUT2D eigenvalue weighted by Crippen LogP contribution is 2.63. The molecule has 1 spiro atoms. The molecule has 1 saturated heterocycles. The number of phenols is 1. The molecule has 3 heterocycles. The molecule has 196 valence electrons. The lowest BCUT2D eigenvalue weighted by atomic mass is 9.51. The summed E-state index contributed by atoms with van der Waals surface area (Å²) in [6, 6.07) is 8.71. The number of carbonyl (C=O) groups excluding carboxylic acids is 1. The normalized spacial score (nSPS) is 35.9. The number of amides is 1. The fourth-order valence-electron chi connectivity index (χ4n) is 7.86. The molecule has 2 aliphatic carbocycles. The molecular formula is C28H32N2O6S. The van der Waals surface area contributed by atoms with Gasteiger partial charge in [-0.05, 0) is 82.2 Å². The number of hydrogen-bond donors (Lipinski definition) is 2. The summed E-state index contributed by atoms with van der Waals surface area (Å²) in [6.07, 6.45) is 2.76. The number of aromatic hydroxyl groups is 1. The topological polar surface area (TPSA) is 107 Å². The second-order valence-corrected chi connectivity index (χ2v) is 13.4. The van der Waals surface area contributed by atoms with Gasteiger partial charge in [0.1, 0.15) is 11.0 Å². The van der Waals surface area contributed by atoms with Crippen molar-refractivity contribution >= 4 is 15.9 Å². The van der Waals surface area contributed by atoms with E-state index in [9.17, 15) is 23.4 Å². The van der Waals surface area contributed by atoms with E-state index in [2.05, 4.69) is 11.8 Å². The molecule has 0 unspecified atom stereocenters. The Morgan fingerprint density at radius 2 is 1.86 bits per heavy atom. The van der Waals surface area contributed by atoms with Crippen molar-refractivity contribution in [3.05, 3.63) is 53.1 Å². The predicted octanol–water partition coefficient (Wildman–Crippen LogP) is 2.94. The van der Waals surface area contributed by atoms with Gasteiger partial charge in [0.2, 0.25) is 0 Å². The summed E-state index contributed by atoms with van der Waals surface area (Å²) < 4.78 is 34.9. The molecule has 7 rings (SSSR count). The molecule has 5 atom stereocenters. The lowest BCUT2D eigenvalue weighted by Gasteiger charge is -2.61. The van der Waals surface area contributed by atoms with Crippen LogP contribution in [0.25, 0.3) is 0 Å². The maximum atomic E-state index is 13.7. The van der Waals surface area contributed by atoms with E-state index in [4.69, 9.17) is 4.74 Å². The fraction of sp³-hybridized carbons (Fsp3) is 0.536. The zero-order valence-corrected chi connectivity index (χ0v) is 21.9. The Bertz CT molecular complexity index is 1440. The van der Waals surface area contributed by atoms with E-state index < -0.39 is 39.1 Å². The molecule has 0 aromatic heterocycles. The van der Waals surface area contributed by atoms with Crippen molar-refractivity contribution in [1.29, 1.82) is 0 Å². The first-order valence-electron chi connectivity index (χ1n) is 13.2. The molecule has 2 saturated carbocycles. The Balaban J connectivity index is 1.39. The average molecular weight is 525 g/mol. The maximum Gasteiger partial charge on any atom is 0.269 e. The maximum absolute atomic E-state index is 13.7. The number of aliphatic hydroxyl groups is 1. The van der Waals surface area contributed by atoms with E-state index in [1.807, 2.05) is 13.0 Å². The lowest BCUT2D eigenvalue weighted by Crippen LogP contribution is -2.76. The van der Waals surface area contributed by atoms with Gasteiger partial charge in [-0.1, -0.05) is 18.2 Å². The number of carbonyl (C=O) groups is 1. The van der Waals surface area contributed by atoms with Crippen molar-refractivity contribution in [3.63, 3.8) is 0 Å². The number of hydrogen-bond acceptors (Lipinski definition) is 7. The van der Waals surface area contributed by atoms with E-state index in [1.165, 1.54) is 18.9 Å². The van der Waals surface area contributed by atoms with Gasteiger partial charge in [-0.15, -0.1) is 0 Å². The lowest BCUT2D eigenvalue weighted by molar-refractivity contribution is -0.185. The number of fused-ring (bicyclic) bond motifs is 2. The number of nitrogens with zero attached hydrogens (tertiary/aromatic N) is 2. The number of rotatable bonds is 3. The number of benzene rings is 2. The molecule has 2 aromatic rings. The highest BCUT2D eigenvalue weighted by atomic mass is 32.2. The van der Waals surface area contributed by atoms with Crippen LogP contribution in [-0.2, 0) is 15.4 Å². The van der Waals surface area contributed by atoms with Crippen LogP contribution in [0.2, 0.25) is 0 Å². The molecule has 0 radical (unpaired) electrons. The van der Waals surface area contributed by atoms with Crippen molar-refractivity contribution in [2.45, 2.75) is 80.1 Å². The predicted molar refractivity (Wildman–Crippen MR) is 135 cm³/mol. The number of piperidine rings is 1. The highest BCUT2D eigenvalue weighted by Gasteiger charge is 2.72. The molecule has 8 nitrogen and oxygen atoms in total. The monoisotopic (exact) mass is 524 g/mol. The van der Waals surface area contributed by atoms with Gasteiger partial charge >= 0.3 is 0 Å². The Morgan fingerprint density at radius 3 is 2.59 bits per heavy atom. The first-order valence-corrected chi connectivity index (χ1v) is 14.7. The molecule has 3 fully saturated rings. The van der Waals surface area contributed by atoms with Gasteiger partial charge in [-0.25, -0.2) is 12.7 Å². The number of ether oxygens (including phenoxy) is 1. The smallest absolute Gasteiger partial charge is 0.269 e. The Morgan fingerprint density at radius 1 is 1.11 bits per heavy atom. The van der Waals surface area contributed by atoms with Crippen molar-refractivity contribution in [2.24, 2.45) is 5.92 Å². The van der Waals surface area contributed by atoms with Crippen molar-refractivity contribution in [1.82, 2.24) is 9.21 Å². The summed E-state index contributed by atoms with van der Waals surface area (Å²) in [5.41, 5.74) is -0.373. The Labute approximate surface area is 216 Å². The summed E-state index contributed by atoms with van der Waals surface area (Å²) in [5, 5.41) is 23.5. The van der Waals surface area contributed by atoms with Crippen molar-refractivity contribution in [3.8, 4) is 11.5 Å². The second-order valence-electron chi connectivity index (χ2n) is 11.6. The van der Waals surface area contributed by atoms with Crippen molar-refractivity contribution < 1.29 is 28.2 Å². The second kappa shape index (κ2) is 7.48. The molecule has 2 aromatic carbocycles. The number of likely N-dealkylation sites (tertiary alicyclic amines) is 1. The van der Waals surface area contributed by atoms with Crippen LogP contribution in [0.3, 0.4) is 0 Å². The zero-order chi connectivity index (χ0) is 25.9. The SMILES string of the molecule is Cc1ccc(O)c2c1[C@]13CCN(CC4CC4)[C@H](C)[C@]1(O)CC[C@@H](N1C(=O)c4ccccc4S1(=O)=O)[C@@H]3O2. The van der Waals surface area contributed by atoms with Gasteiger partial charge in [0.05, 0.1) is 22.6 Å². The Kier molecular flexibility index (Phi) is 4.75. The summed E-state index contributed by atoms with van der Waals surface area (Å²) >= 11 is 0. The van der Waals surface area contributed by atoms with Crippen LogP contribution in [0.5, 0.6) is 11.5 Å². The van der Waals surface area contributed by atoms with Gasteiger partial charge in [-0.2, -0.15) is 0 Å². The molecule has 5 aliphatic rings. The van der Waals surface area contributed by atoms with Crippen molar-refractivity contribution in [2.75, 3.05) is 13.1 Å². The number of phenolic OH excluding ortho intramolecular Hbond substituents is 1. The van der Waals surface area contributed by atoms with E-state index >= 15 is 0 Å². The first-order chi connectivity index (χ1) is 17.6. The minimum Gasteiger partial charge on any atom is -0.504 e. The summed E-state index contributed by atoms with van der Waals surface area (Å²) in [4.78, 5) is 15.9. The Hall–Kier alpha value is -2.62. The highest BCUT2D eigenvalue weighted by molar-refractivity contribution is 7.90. The minimum atomic E-state index is -4.09. The van der Waals surface area contributed by atoms with Gasteiger partial charge in [0.25, 0.3) is 15.9 Å². The van der Waals surface area contributed by atoms with E-state index in [0.29, 0.717) is 24.5 Å². The molecule has 3 aliphatic heterocycles. The minimum absolute atomic E-state index is 0.0112. The number of sulfonamides is 1. The fourth-order valence-corrected chi connectivity index (χ4v) is 9.64. The van der Waals surface area contributed by atoms with Crippen LogP contribution in [0.4, 0.5) is 0 Å². The average Bonchev–Trinajstić information content (AvgIpc) is 3.58. The summed E-state index contributed by atoms with van der Waals surface area (Å²) in [6.45, 7) is 5.67. The molecule has 0 bridgehead atoms. The van der Waals surface area contributed by atoms with Crippen LogP contribution in [0, 0.1) is 12.8 Å². The number of aryl methyl sites for hydroxylation is 1. The largest absolute Gasteiger partial charge is 0.504 e. The summed E-state index contributed by atoms with van der Waals surface area (Å²) in [5.74, 6) is 0.383. The molecule has 2 N–H and O–H groups in total. The first kappa shape index (κ1) is 23.5. The standard InChI is InChI=1S/C28H32N2O6S/c1-16-7-10-21(31)24-23(16)27-13-14-29(15-18-8-9-18)17(2)28(27,33)12-11-20(25(27)36-24)30-26(32)19-5-3-4-6-22(19)37(30,34)35/h3-7,10,17-18,20,25,31,33H,8-9,11-15H2,1-2H3/t17-,20-,25+,27+,28-/m1/s1. The quantitative estimate of drug-likeness (QED) is 0.636. The van der Waals surface area contributed by atoms with Gasteiger partial charge in [0, 0.05) is 18.2 Å². The van der Waals surface area contributed by atoms with Gasteiger partial charge < -0.3 is 14.9 Å². The van der Waals surface area contributed by atoms with Crippen LogP contribution in [0.15, 0.2) is 41.3 Å². The zero-order valence-electron chi connectivity index (χ0n) is 21.1. The van der Waals surface area contributed by atoms with E-state index in [1.54, 1.807) is 24.3 Å². The van der Waals surface area contributed by atoms with Crippen LogP contribution in [0.1, 0.15) is 60.5 Å². The van der Waals surface area contributed by atoms with E-state index in [0.717, 1.165) is 28.5 Å². The van der Waals surface area contributed by atoms with E-state index in [-0.39, 0.29) is 28.7 Å². The van der Waals surface area contributed by atoms with Gasteiger partial charge in [0.15, 0.2) is 11.5 Å². The third-order valence-electron chi connectivity index (χ3n) is 9.84. The summed E-state index contributed by atoms with van der Waals surface area (Å²) in [7, 11) is -4.09. The third kappa shape index (κ3) is 2.85. The molecule has 1 amide bonds. The molecular weight excluding hydrogens is 492 g/mol. The van der Waals surface area contributed by atoms with Crippen LogP contribution in [-0.4, -0.2) is 70.6 Å². The van der Waals surface area contributed by atoms with Crippen LogP contribution >= 0.6 is 0 Å².